The molecule has 2 saturated heterocycles. The first-order valence-electron chi connectivity index (χ1n) is 16.2. The van der Waals surface area contributed by atoms with Gasteiger partial charge in [0.25, 0.3) is 5.91 Å². The highest BCUT2D eigenvalue weighted by molar-refractivity contribution is 6.04. The third kappa shape index (κ3) is 9.49. The molecule has 0 bridgehead atoms. The van der Waals surface area contributed by atoms with Crippen LogP contribution in [0.3, 0.4) is 0 Å². The van der Waals surface area contributed by atoms with Gasteiger partial charge in [0.1, 0.15) is 0 Å². The number of anilines is 1. The smallest absolute Gasteiger partial charge is 0.255 e. The van der Waals surface area contributed by atoms with E-state index in [1.807, 2.05) is 44.3 Å². The number of hydrogen-bond donors (Lipinski definition) is 2. The van der Waals surface area contributed by atoms with Gasteiger partial charge in [0, 0.05) is 77.2 Å². The Kier molecular flexibility index (Phi) is 13.0. The van der Waals surface area contributed by atoms with Crippen LogP contribution in [0.1, 0.15) is 91.3 Å². The van der Waals surface area contributed by atoms with E-state index in [0.717, 1.165) is 62.8 Å². The van der Waals surface area contributed by atoms with Crippen LogP contribution >= 0.6 is 0 Å². The Labute approximate surface area is 263 Å². The molecule has 0 radical (unpaired) electrons. The van der Waals surface area contributed by atoms with Crippen LogP contribution in [0.25, 0.3) is 0 Å². The number of likely N-dealkylation sites (tertiary alicyclic amines) is 1. The molecule has 2 N–H and O–H groups in total. The SMILES string of the molecule is CC.CCc1cc(C(=O)Nc2cccc([C@H](C)NC(C)C=N/C(=C/N(C)CC)C(C)C)c2)ccc1CN1CC2(COC2)C1.[HH].[HH]. The van der Waals surface area contributed by atoms with Gasteiger partial charge >= 0.3 is 0 Å². The Morgan fingerprint density at radius 2 is 1.81 bits per heavy atom. The number of hydrogen-bond acceptors (Lipinski definition) is 6. The third-order valence-corrected chi connectivity index (χ3v) is 8.23. The van der Waals surface area contributed by atoms with E-state index in [-0.39, 0.29) is 20.8 Å². The number of ether oxygens (including phenoxy) is 1. The van der Waals surface area contributed by atoms with E-state index in [1.54, 1.807) is 0 Å². The van der Waals surface area contributed by atoms with Crippen molar-refractivity contribution in [1.29, 1.82) is 0 Å². The zero-order chi connectivity index (χ0) is 31.6. The summed E-state index contributed by atoms with van der Waals surface area (Å²) in [5, 5.41) is 6.73. The maximum absolute atomic E-state index is 13.2. The summed E-state index contributed by atoms with van der Waals surface area (Å²) in [4.78, 5) is 22.6. The van der Waals surface area contributed by atoms with Crippen molar-refractivity contribution in [3.63, 3.8) is 0 Å². The van der Waals surface area contributed by atoms with Crippen LogP contribution < -0.4 is 10.6 Å². The molecule has 2 aliphatic heterocycles. The summed E-state index contributed by atoms with van der Waals surface area (Å²) in [6.45, 7) is 22.8. The lowest BCUT2D eigenvalue weighted by Gasteiger charge is -2.55. The minimum Gasteiger partial charge on any atom is -0.380 e. The maximum Gasteiger partial charge on any atom is 0.255 e. The Morgan fingerprint density at radius 1 is 1.09 bits per heavy atom. The van der Waals surface area contributed by atoms with Crippen molar-refractivity contribution >= 4 is 17.8 Å². The molecule has 0 aromatic heterocycles. The Balaban J connectivity index is 0.00000248. The molecule has 2 fully saturated rings. The van der Waals surface area contributed by atoms with Crippen molar-refractivity contribution in [2.75, 3.05) is 45.2 Å². The highest BCUT2D eigenvalue weighted by Crippen LogP contribution is 2.38. The van der Waals surface area contributed by atoms with Crippen molar-refractivity contribution in [2.24, 2.45) is 16.3 Å². The van der Waals surface area contributed by atoms with Crippen molar-refractivity contribution in [3.8, 4) is 0 Å². The number of aryl methyl sites for hydroxylation is 1. The summed E-state index contributed by atoms with van der Waals surface area (Å²) in [6, 6.07) is 14.4. The van der Waals surface area contributed by atoms with Gasteiger partial charge in [-0.25, -0.2) is 0 Å². The fraction of sp³-hybridized carbons (Fsp3) is 0.556. The van der Waals surface area contributed by atoms with Gasteiger partial charge in [-0.2, -0.15) is 0 Å². The van der Waals surface area contributed by atoms with Gasteiger partial charge in [-0.3, -0.25) is 14.7 Å². The van der Waals surface area contributed by atoms with Gasteiger partial charge in [0.2, 0.25) is 0 Å². The van der Waals surface area contributed by atoms with E-state index in [2.05, 4.69) is 93.4 Å². The van der Waals surface area contributed by atoms with Crippen molar-refractivity contribution in [1.82, 2.24) is 15.1 Å². The fourth-order valence-corrected chi connectivity index (χ4v) is 5.55. The Morgan fingerprint density at radius 3 is 2.42 bits per heavy atom. The first-order valence-corrected chi connectivity index (χ1v) is 16.2. The van der Waals surface area contributed by atoms with Gasteiger partial charge < -0.3 is 20.3 Å². The predicted octanol–water partition coefficient (Wildman–Crippen LogP) is 7.41. The van der Waals surface area contributed by atoms with Crippen LogP contribution in [0.15, 0.2) is 59.4 Å². The summed E-state index contributed by atoms with van der Waals surface area (Å²) in [7, 11) is 2.07. The number of rotatable bonds is 13. The number of benzene rings is 2. The van der Waals surface area contributed by atoms with Crippen LogP contribution in [-0.2, 0) is 17.7 Å². The summed E-state index contributed by atoms with van der Waals surface area (Å²) in [5.74, 6) is 0.273. The van der Waals surface area contributed by atoms with Crippen LogP contribution in [-0.4, -0.2) is 67.9 Å². The lowest BCUT2D eigenvalue weighted by Crippen LogP contribution is -2.65. The molecule has 1 spiro atoms. The minimum atomic E-state index is -0.0796. The Bertz CT molecular complexity index is 1250. The van der Waals surface area contributed by atoms with Gasteiger partial charge in [0.05, 0.1) is 18.9 Å². The standard InChI is InChI=1S/C34H49N5O2.C2H6.2H2/c1-8-27-15-29(13-14-30(27)18-39-20-34(21-39)22-41-23-34)33(40)37-31-12-10-11-28(16-31)26(6)36-25(5)17-35-32(24(3)4)19-38(7)9-2;1-2;;/h10-17,19,24-26,36H,8-9,18,20-23H2,1-7H3,(H,37,40);1-2H3;2*1H/b32-19+,35-17?;;;/t25?,26-;;;/m0.../s1. The molecule has 2 aliphatic rings. The molecular weight excluding hydrogens is 534 g/mol. The van der Waals surface area contributed by atoms with Crippen LogP contribution in [0.5, 0.6) is 0 Å². The van der Waals surface area contributed by atoms with Gasteiger partial charge in [-0.1, -0.05) is 52.8 Å². The van der Waals surface area contributed by atoms with Crippen LogP contribution in [0, 0.1) is 11.3 Å². The van der Waals surface area contributed by atoms with E-state index in [0.29, 0.717) is 16.9 Å². The molecule has 0 aliphatic carbocycles. The summed E-state index contributed by atoms with van der Waals surface area (Å²) >= 11 is 0. The van der Waals surface area contributed by atoms with Crippen LogP contribution in [0.2, 0.25) is 0 Å². The van der Waals surface area contributed by atoms with Crippen LogP contribution in [0.4, 0.5) is 5.69 Å². The fourth-order valence-electron chi connectivity index (χ4n) is 5.55. The normalized spacial score (nSPS) is 17.6. The monoisotopic (exact) mass is 593 g/mol. The lowest BCUT2D eigenvalue weighted by atomic mass is 9.78. The molecule has 0 saturated carbocycles. The average molecular weight is 594 g/mol. The highest BCUT2D eigenvalue weighted by atomic mass is 16.5. The third-order valence-electron chi connectivity index (χ3n) is 8.23. The number of nitrogens with one attached hydrogen (secondary N) is 2. The van der Waals surface area contributed by atoms with Gasteiger partial charge in [-0.15, -0.1) is 0 Å². The number of allylic oxidation sites excluding steroid dienone is 1. The molecule has 1 amide bonds. The Hall–Kier alpha value is -3.00. The highest BCUT2D eigenvalue weighted by Gasteiger charge is 2.48. The van der Waals surface area contributed by atoms with Crippen molar-refractivity contribution in [3.05, 3.63) is 76.6 Å². The molecule has 1 unspecified atom stereocenters. The van der Waals surface area contributed by atoms with Gasteiger partial charge in [-0.05, 0) is 74.1 Å². The second-order valence-corrected chi connectivity index (χ2v) is 12.3. The topological polar surface area (TPSA) is 69.2 Å². The molecule has 2 aromatic carbocycles. The molecule has 2 atom stereocenters. The first-order chi connectivity index (χ1) is 20.6. The first kappa shape index (κ1) is 34.5. The van der Waals surface area contributed by atoms with Gasteiger partial charge in [0.15, 0.2) is 0 Å². The van der Waals surface area contributed by atoms with Crippen molar-refractivity contribution < 1.29 is 12.4 Å². The second kappa shape index (κ2) is 16.2. The zero-order valence-electron chi connectivity index (χ0n) is 28.0. The van der Waals surface area contributed by atoms with E-state index >= 15 is 0 Å². The molecule has 4 rings (SSSR count). The van der Waals surface area contributed by atoms with Crippen molar-refractivity contribution in [2.45, 2.75) is 80.4 Å². The molecule has 2 aromatic rings. The predicted molar refractivity (Wildman–Crippen MR) is 185 cm³/mol. The summed E-state index contributed by atoms with van der Waals surface area (Å²) < 4.78 is 5.41. The molecule has 43 heavy (non-hydrogen) atoms. The van der Waals surface area contributed by atoms with E-state index < -0.39 is 0 Å². The quantitative estimate of drug-likeness (QED) is 0.237. The molecule has 7 nitrogen and oxygen atoms in total. The number of amides is 1. The molecule has 7 heteroatoms. The number of aliphatic imine (C=N–C) groups is 1. The second-order valence-electron chi connectivity index (χ2n) is 12.3. The average Bonchev–Trinajstić information content (AvgIpc) is 2.96. The number of carbonyl (C=O) groups is 1. The van der Waals surface area contributed by atoms with E-state index in [1.165, 1.54) is 11.1 Å². The number of nitrogens with zero attached hydrogens (tertiary/aromatic N) is 3. The maximum atomic E-state index is 13.2. The molecule has 2 heterocycles. The van der Waals surface area contributed by atoms with E-state index in [9.17, 15) is 4.79 Å². The summed E-state index contributed by atoms with van der Waals surface area (Å²) in [5.41, 5.74) is 6.64. The van der Waals surface area contributed by atoms with E-state index in [4.69, 9.17) is 9.73 Å². The number of carbonyl (C=O) groups excluding carboxylic acids is 1. The zero-order valence-corrected chi connectivity index (χ0v) is 28.0. The summed E-state index contributed by atoms with van der Waals surface area (Å²) in [6.07, 6.45) is 5.00. The molecular formula is C36H59N5O2. The largest absolute Gasteiger partial charge is 0.380 e. The molecule has 240 valence electrons. The lowest BCUT2D eigenvalue weighted by molar-refractivity contribution is -0.191. The minimum absolute atomic E-state index is 0.